The molecule has 0 fully saturated rings. The molecule has 0 bridgehead atoms. The lowest BCUT2D eigenvalue weighted by atomic mass is 10.4. The highest BCUT2D eigenvalue weighted by molar-refractivity contribution is 4.56. The predicted octanol–water partition coefficient (Wildman–Crippen LogP) is -0.395. The topological polar surface area (TPSA) is 49.5 Å². The number of aliphatic hydroxyl groups excluding tert-OH is 1. The summed E-state index contributed by atoms with van der Waals surface area (Å²) in [6.45, 7) is 5.71. The van der Waals surface area contributed by atoms with Crippen LogP contribution in [-0.4, -0.2) is 35.9 Å². The summed E-state index contributed by atoms with van der Waals surface area (Å²) in [6, 6.07) is 0. The van der Waals surface area contributed by atoms with Gasteiger partial charge in [0.15, 0.2) is 0 Å². The van der Waals surface area contributed by atoms with E-state index in [1.165, 1.54) is 0 Å². The Balaban J connectivity index is 3.41. The van der Waals surface area contributed by atoms with Crippen LogP contribution in [0.25, 0.3) is 0 Å². The van der Waals surface area contributed by atoms with Gasteiger partial charge in [0.1, 0.15) is 0 Å². The second-order valence-electron chi connectivity index (χ2n) is 2.09. The molecule has 0 aromatic carbocycles. The van der Waals surface area contributed by atoms with Crippen LogP contribution >= 0.6 is 0 Å². The summed E-state index contributed by atoms with van der Waals surface area (Å²) in [6.07, 6.45) is 0.0575. The molecule has 0 heterocycles. The number of nitrogens with zero attached hydrogens (tertiary/aromatic N) is 1. The second-order valence-corrected chi connectivity index (χ2v) is 2.09. The fraction of sp³-hybridized carbons (Fsp3) is 1.00. The molecule has 0 aliphatic rings. The molecule has 3 heteroatoms. The highest BCUT2D eigenvalue weighted by atomic mass is 16.3. The molecular weight excluding hydrogens is 116 g/mol. The predicted molar refractivity (Wildman–Crippen MR) is 38.0 cm³/mol. The quantitative estimate of drug-likeness (QED) is 0.512. The number of hydrogen-bond acceptors (Lipinski definition) is 3. The zero-order chi connectivity index (χ0) is 7.28. The molecule has 0 radical (unpaired) electrons. The Morgan fingerprint density at radius 3 is 2.33 bits per heavy atom. The first-order valence-electron chi connectivity index (χ1n) is 3.32. The van der Waals surface area contributed by atoms with Gasteiger partial charge in [0.05, 0.1) is 12.8 Å². The Kier molecular flexibility index (Phi) is 4.67. The first kappa shape index (κ1) is 8.88. The van der Waals surface area contributed by atoms with Crippen LogP contribution < -0.4 is 5.73 Å². The Bertz CT molecular complexity index is 66.1. The number of rotatable bonds is 4. The summed E-state index contributed by atoms with van der Waals surface area (Å²) in [5, 5.41) is 8.52. The van der Waals surface area contributed by atoms with Gasteiger partial charge in [0.2, 0.25) is 0 Å². The Labute approximate surface area is 56.5 Å². The third-order valence-corrected chi connectivity index (χ3v) is 1.37. The van der Waals surface area contributed by atoms with Gasteiger partial charge in [-0.3, -0.25) is 4.90 Å². The molecule has 3 N–H and O–H groups in total. The normalized spacial score (nSPS) is 14.3. The lowest BCUT2D eigenvalue weighted by molar-refractivity contribution is 0.167. The third-order valence-electron chi connectivity index (χ3n) is 1.37. The minimum atomic E-state index is 0.0575. The molecule has 1 unspecified atom stereocenters. The fourth-order valence-corrected chi connectivity index (χ4v) is 0.778. The van der Waals surface area contributed by atoms with E-state index in [0.717, 1.165) is 6.54 Å². The lowest BCUT2D eigenvalue weighted by Crippen LogP contribution is -2.40. The van der Waals surface area contributed by atoms with Crippen molar-refractivity contribution in [2.75, 3.05) is 19.7 Å². The van der Waals surface area contributed by atoms with Gasteiger partial charge in [0, 0.05) is 6.54 Å². The maximum Gasteiger partial charge on any atom is 0.0559 e. The van der Waals surface area contributed by atoms with Crippen molar-refractivity contribution >= 4 is 0 Å². The van der Waals surface area contributed by atoms with E-state index in [1.54, 1.807) is 0 Å². The van der Waals surface area contributed by atoms with Crippen molar-refractivity contribution in [2.45, 2.75) is 20.0 Å². The van der Waals surface area contributed by atoms with Crippen LogP contribution in [0.15, 0.2) is 0 Å². The highest BCUT2D eigenvalue weighted by Crippen LogP contribution is 1.89. The van der Waals surface area contributed by atoms with Gasteiger partial charge in [0.25, 0.3) is 0 Å². The number of likely N-dealkylation sites (N-methyl/N-ethyl adjacent to an activating group) is 1. The van der Waals surface area contributed by atoms with E-state index in [1.807, 2.05) is 18.7 Å². The van der Waals surface area contributed by atoms with Crippen molar-refractivity contribution < 1.29 is 5.11 Å². The van der Waals surface area contributed by atoms with Crippen LogP contribution in [0.1, 0.15) is 13.8 Å². The number of aliphatic hydroxyl groups is 1. The van der Waals surface area contributed by atoms with Crippen molar-refractivity contribution in [3.63, 3.8) is 0 Å². The standard InChI is InChI=1S/C6H16N2O/c1-3-8(4-5-9)6(2)7/h6,9H,3-5,7H2,1-2H3. The molecule has 0 aliphatic heterocycles. The largest absolute Gasteiger partial charge is 0.395 e. The summed E-state index contributed by atoms with van der Waals surface area (Å²) in [7, 11) is 0. The molecule has 1 atom stereocenters. The average molecular weight is 132 g/mol. The summed E-state index contributed by atoms with van der Waals surface area (Å²) >= 11 is 0. The molecule has 0 saturated heterocycles. The van der Waals surface area contributed by atoms with Gasteiger partial charge < -0.3 is 10.8 Å². The molecule has 0 spiro atoms. The van der Waals surface area contributed by atoms with E-state index >= 15 is 0 Å². The first-order chi connectivity index (χ1) is 4.22. The van der Waals surface area contributed by atoms with Gasteiger partial charge >= 0.3 is 0 Å². The van der Waals surface area contributed by atoms with E-state index in [2.05, 4.69) is 0 Å². The van der Waals surface area contributed by atoms with Crippen molar-refractivity contribution in [1.29, 1.82) is 0 Å². The van der Waals surface area contributed by atoms with Crippen molar-refractivity contribution in [2.24, 2.45) is 5.73 Å². The van der Waals surface area contributed by atoms with Crippen LogP contribution in [0.3, 0.4) is 0 Å². The van der Waals surface area contributed by atoms with E-state index in [-0.39, 0.29) is 12.8 Å². The molecule has 0 rings (SSSR count). The average Bonchev–Trinajstić information content (AvgIpc) is 1.82. The maximum absolute atomic E-state index is 8.52. The summed E-state index contributed by atoms with van der Waals surface area (Å²) in [5.74, 6) is 0. The third kappa shape index (κ3) is 3.46. The minimum absolute atomic E-state index is 0.0575. The monoisotopic (exact) mass is 132 g/mol. The van der Waals surface area contributed by atoms with Crippen LogP contribution in [0, 0.1) is 0 Å². The minimum Gasteiger partial charge on any atom is -0.395 e. The van der Waals surface area contributed by atoms with Crippen LogP contribution in [-0.2, 0) is 0 Å². The smallest absolute Gasteiger partial charge is 0.0559 e. The molecule has 0 saturated carbocycles. The van der Waals surface area contributed by atoms with Crippen LogP contribution in [0.5, 0.6) is 0 Å². The highest BCUT2D eigenvalue weighted by Gasteiger charge is 2.03. The molecule has 56 valence electrons. The van der Waals surface area contributed by atoms with Crippen LogP contribution in [0.2, 0.25) is 0 Å². The molecular formula is C6H16N2O. The summed E-state index contributed by atoms with van der Waals surface area (Å²) in [5.41, 5.74) is 5.55. The number of hydrogen-bond donors (Lipinski definition) is 2. The van der Waals surface area contributed by atoms with E-state index < -0.39 is 0 Å². The molecule has 0 aliphatic carbocycles. The molecule has 9 heavy (non-hydrogen) atoms. The van der Waals surface area contributed by atoms with E-state index in [4.69, 9.17) is 10.8 Å². The fourth-order valence-electron chi connectivity index (χ4n) is 0.778. The maximum atomic E-state index is 8.52. The van der Waals surface area contributed by atoms with Crippen molar-refractivity contribution in [3.8, 4) is 0 Å². The Morgan fingerprint density at radius 1 is 1.67 bits per heavy atom. The zero-order valence-corrected chi connectivity index (χ0v) is 6.17. The van der Waals surface area contributed by atoms with Gasteiger partial charge in [-0.25, -0.2) is 0 Å². The first-order valence-corrected chi connectivity index (χ1v) is 3.32. The molecule has 0 aromatic heterocycles. The van der Waals surface area contributed by atoms with Gasteiger partial charge in [-0.15, -0.1) is 0 Å². The Hall–Kier alpha value is -0.120. The van der Waals surface area contributed by atoms with Crippen LogP contribution in [0.4, 0.5) is 0 Å². The molecule has 0 amide bonds. The van der Waals surface area contributed by atoms with E-state index in [9.17, 15) is 0 Å². The zero-order valence-electron chi connectivity index (χ0n) is 6.17. The molecule has 3 nitrogen and oxygen atoms in total. The van der Waals surface area contributed by atoms with E-state index in [0.29, 0.717) is 6.54 Å². The van der Waals surface area contributed by atoms with Crippen molar-refractivity contribution in [3.05, 3.63) is 0 Å². The molecule has 0 aromatic rings. The summed E-state index contributed by atoms with van der Waals surface area (Å²) in [4.78, 5) is 2.00. The number of nitrogens with two attached hydrogens (primary N) is 1. The summed E-state index contributed by atoms with van der Waals surface area (Å²) < 4.78 is 0. The van der Waals surface area contributed by atoms with Crippen molar-refractivity contribution in [1.82, 2.24) is 4.90 Å². The van der Waals surface area contributed by atoms with Gasteiger partial charge in [-0.2, -0.15) is 0 Å². The van der Waals surface area contributed by atoms with Gasteiger partial charge in [-0.05, 0) is 13.5 Å². The lowest BCUT2D eigenvalue weighted by Gasteiger charge is -2.22. The second kappa shape index (κ2) is 4.73. The Morgan fingerprint density at radius 2 is 2.22 bits per heavy atom. The van der Waals surface area contributed by atoms with Gasteiger partial charge in [-0.1, -0.05) is 6.92 Å². The SMILES string of the molecule is CCN(CCO)C(C)N.